The van der Waals surface area contributed by atoms with Gasteiger partial charge in [-0.2, -0.15) is 0 Å². The largest absolute Gasteiger partial charge is 0.369 e. The molecule has 144 valence electrons. The van der Waals surface area contributed by atoms with E-state index in [0.29, 0.717) is 10.6 Å². The minimum absolute atomic E-state index is 0.114. The Morgan fingerprint density at radius 3 is 2.39 bits per heavy atom. The van der Waals surface area contributed by atoms with Crippen molar-refractivity contribution in [2.75, 3.05) is 48.8 Å². The topological polar surface area (TPSA) is 60.5 Å². The fraction of sp³-hybridized carbons (Fsp3) is 0.238. The molecule has 0 saturated carbocycles. The Morgan fingerprint density at radius 1 is 1.00 bits per heavy atom. The van der Waals surface area contributed by atoms with E-state index in [-0.39, 0.29) is 5.91 Å². The van der Waals surface area contributed by atoms with Crippen molar-refractivity contribution in [2.24, 2.45) is 0 Å². The summed E-state index contributed by atoms with van der Waals surface area (Å²) in [5.41, 5.74) is 2.91. The summed E-state index contributed by atoms with van der Waals surface area (Å²) in [4.78, 5) is 21.9. The van der Waals surface area contributed by atoms with Gasteiger partial charge in [0.2, 0.25) is 0 Å². The van der Waals surface area contributed by atoms with Crippen LogP contribution < -0.4 is 15.5 Å². The highest BCUT2D eigenvalue weighted by molar-refractivity contribution is 7.12. The van der Waals surface area contributed by atoms with Crippen LogP contribution in [-0.2, 0) is 0 Å². The second-order valence-corrected chi connectivity index (χ2v) is 7.77. The molecule has 3 aromatic rings. The van der Waals surface area contributed by atoms with Crippen molar-refractivity contribution in [1.82, 2.24) is 9.88 Å². The quantitative estimate of drug-likeness (QED) is 0.689. The average Bonchev–Trinajstić information content (AvgIpc) is 3.26. The maximum Gasteiger partial charge on any atom is 0.265 e. The zero-order valence-corrected chi connectivity index (χ0v) is 16.6. The number of hydrogen-bond donors (Lipinski definition) is 2. The summed E-state index contributed by atoms with van der Waals surface area (Å²) in [6.45, 7) is 4.31. The van der Waals surface area contributed by atoms with Crippen LogP contribution in [0.25, 0.3) is 0 Å². The van der Waals surface area contributed by atoms with Gasteiger partial charge in [-0.05, 0) is 54.9 Å². The molecule has 7 heteroatoms. The third-order valence-electron chi connectivity index (χ3n) is 4.77. The molecule has 0 spiro atoms. The first-order chi connectivity index (χ1) is 13.7. The molecule has 6 nitrogen and oxygen atoms in total. The number of piperazine rings is 1. The summed E-state index contributed by atoms with van der Waals surface area (Å²) < 4.78 is 0. The number of nitrogens with one attached hydrogen (secondary N) is 2. The molecular weight excluding hydrogens is 370 g/mol. The molecule has 0 atom stereocenters. The molecule has 1 saturated heterocycles. The van der Waals surface area contributed by atoms with E-state index in [1.807, 2.05) is 23.6 Å². The third-order valence-corrected chi connectivity index (χ3v) is 5.64. The summed E-state index contributed by atoms with van der Waals surface area (Å²) in [6, 6.07) is 15.8. The SMILES string of the molecule is CN1CCN(c2ccc(Nc3ccc(NC(=O)c4cccs4)cn3)cc2)CC1. The molecule has 28 heavy (non-hydrogen) atoms. The molecule has 0 aliphatic carbocycles. The van der Waals surface area contributed by atoms with Crippen LogP contribution in [0.5, 0.6) is 0 Å². The van der Waals surface area contributed by atoms with E-state index in [9.17, 15) is 4.79 Å². The second-order valence-electron chi connectivity index (χ2n) is 6.83. The Hall–Kier alpha value is -2.90. The number of amides is 1. The van der Waals surface area contributed by atoms with E-state index < -0.39 is 0 Å². The summed E-state index contributed by atoms with van der Waals surface area (Å²) in [5, 5.41) is 8.04. The molecule has 1 aliphatic rings. The predicted molar refractivity (Wildman–Crippen MR) is 116 cm³/mol. The lowest BCUT2D eigenvalue weighted by molar-refractivity contribution is 0.103. The molecule has 1 aromatic carbocycles. The highest BCUT2D eigenvalue weighted by Crippen LogP contribution is 2.22. The van der Waals surface area contributed by atoms with Crippen molar-refractivity contribution >= 4 is 40.1 Å². The van der Waals surface area contributed by atoms with Crippen LogP contribution in [0.2, 0.25) is 0 Å². The molecule has 0 radical (unpaired) electrons. The van der Waals surface area contributed by atoms with Crippen LogP contribution in [0, 0.1) is 0 Å². The molecule has 1 amide bonds. The molecular formula is C21H23N5OS. The van der Waals surface area contributed by atoms with Crippen LogP contribution in [0.1, 0.15) is 9.67 Å². The van der Waals surface area contributed by atoms with Crippen molar-refractivity contribution < 1.29 is 4.79 Å². The lowest BCUT2D eigenvalue weighted by Crippen LogP contribution is -2.44. The number of aromatic nitrogens is 1. The minimum atomic E-state index is -0.114. The van der Waals surface area contributed by atoms with Gasteiger partial charge in [0.15, 0.2) is 0 Å². The van der Waals surface area contributed by atoms with Gasteiger partial charge in [-0.3, -0.25) is 4.79 Å². The summed E-state index contributed by atoms with van der Waals surface area (Å²) in [6.07, 6.45) is 1.66. The third kappa shape index (κ3) is 4.49. The molecule has 0 bridgehead atoms. The molecule has 4 rings (SSSR count). The normalized spacial score (nSPS) is 14.7. The Labute approximate surface area is 168 Å². The van der Waals surface area contributed by atoms with Crippen LogP contribution in [0.4, 0.5) is 22.9 Å². The van der Waals surface area contributed by atoms with Gasteiger partial charge in [0.25, 0.3) is 5.91 Å². The Morgan fingerprint density at radius 2 is 1.75 bits per heavy atom. The van der Waals surface area contributed by atoms with E-state index in [1.54, 1.807) is 12.3 Å². The molecule has 0 unspecified atom stereocenters. The number of rotatable bonds is 5. The highest BCUT2D eigenvalue weighted by atomic mass is 32.1. The number of pyridine rings is 1. The molecule has 1 aliphatic heterocycles. The maximum absolute atomic E-state index is 12.1. The zero-order chi connectivity index (χ0) is 19.3. The van der Waals surface area contributed by atoms with Gasteiger partial charge >= 0.3 is 0 Å². The zero-order valence-electron chi connectivity index (χ0n) is 15.8. The maximum atomic E-state index is 12.1. The standard InChI is InChI=1S/C21H23N5OS/c1-25-10-12-26(13-11-25)18-7-4-16(5-8-18)23-20-9-6-17(15-22-20)24-21(27)19-3-2-14-28-19/h2-9,14-15H,10-13H2,1H3,(H,22,23)(H,24,27). The smallest absolute Gasteiger partial charge is 0.265 e. The number of carbonyl (C=O) groups is 1. The first kappa shape index (κ1) is 18.5. The van der Waals surface area contributed by atoms with Crippen molar-refractivity contribution in [3.8, 4) is 0 Å². The summed E-state index contributed by atoms with van der Waals surface area (Å²) in [7, 11) is 2.16. The number of thiophene rings is 1. The van der Waals surface area contributed by atoms with Crippen molar-refractivity contribution in [2.45, 2.75) is 0 Å². The van der Waals surface area contributed by atoms with Gasteiger partial charge in [0, 0.05) is 37.6 Å². The molecule has 1 fully saturated rings. The monoisotopic (exact) mass is 393 g/mol. The van der Waals surface area contributed by atoms with Gasteiger partial charge in [-0.25, -0.2) is 4.98 Å². The van der Waals surface area contributed by atoms with E-state index in [4.69, 9.17) is 0 Å². The molecule has 2 aromatic heterocycles. The van der Waals surface area contributed by atoms with E-state index >= 15 is 0 Å². The second kappa shape index (κ2) is 8.41. The average molecular weight is 394 g/mol. The van der Waals surface area contributed by atoms with E-state index in [0.717, 1.165) is 37.7 Å². The van der Waals surface area contributed by atoms with Crippen LogP contribution in [0.3, 0.4) is 0 Å². The van der Waals surface area contributed by atoms with E-state index in [1.165, 1.54) is 17.0 Å². The van der Waals surface area contributed by atoms with Crippen LogP contribution in [-0.4, -0.2) is 49.0 Å². The number of carbonyl (C=O) groups excluding carboxylic acids is 1. The van der Waals surface area contributed by atoms with Gasteiger partial charge in [0.1, 0.15) is 5.82 Å². The highest BCUT2D eigenvalue weighted by Gasteiger charge is 2.14. The van der Waals surface area contributed by atoms with Crippen molar-refractivity contribution in [3.63, 3.8) is 0 Å². The number of hydrogen-bond acceptors (Lipinski definition) is 6. The number of anilines is 4. The minimum Gasteiger partial charge on any atom is -0.369 e. The lowest BCUT2D eigenvalue weighted by atomic mass is 10.2. The lowest BCUT2D eigenvalue weighted by Gasteiger charge is -2.34. The van der Waals surface area contributed by atoms with Gasteiger partial charge in [0.05, 0.1) is 16.8 Å². The number of nitrogens with zero attached hydrogens (tertiary/aromatic N) is 3. The first-order valence-electron chi connectivity index (χ1n) is 9.29. The van der Waals surface area contributed by atoms with Crippen LogP contribution in [0.15, 0.2) is 60.1 Å². The van der Waals surface area contributed by atoms with Gasteiger partial charge < -0.3 is 20.4 Å². The van der Waals surface area contributed by atoms with Crippen LogP contribution >= 0.6 is 11.3 Å². The first-order valence-corrected chi connectivity index (χ1v) is 10.2. The predicted octanol–water partition coefficient (Wildman–Crippen LogP) is 3.89. The summed E-state index contributed by atoms with van der Waals surface area (Å²) in [5.74, 6) is 0.624. The Kier molecular flexibility index (Phi) is 5.55. The summed E-state index contributed by atoms with van der Waals surface area (Å²) >= 11 is 1.42. The molecule has 3 heterocycles. The fourth-order valence-electron chi connectivity index (χ4n) is 3.11. The molecule has 2 N–H and O–H groups in total. The number of likely N-dealkylation sites (N-methyl/N-ethyl adjacent to an activating group) is 1. The van der Waals surface area contributed by atoms with E-state index in [2.05, 4.69) is 56.7 Å². The van der Waals surface area contributed by atoms with Gasteiger partial charge in [-0.15, -0.1) is 11.3 Å². The van der Waals surface area contributed by atoms with Crippen molar-refractivity contribution in [3.05, 3.63) is 65.0 Å². The van der Waals surface area contributed by atoms with Gasteiger partial charge in [-0.1, -0.05) is 6.07 Å². The Balaban J connectivity index is 1.34. The Bertz CT molecular complexity index is 901. The van der Waals surface area contributed by atoms with Crippen molar-refractivity contribution in [1.29, 1.82) is 0 Å². The fourth-order valence-corrected chi connectivity index (χ4v) is 3.73. The number of benzene rings is 1.